The second kappa shape index (κ2) is 6.21. The Morgan fingerprint density at radius 1 is 1.35 bits per heavy atom. The number of hydrogen-bond acceptors (Lipinski definition) is 3. The molecule has 0 aliphatic carbocycles. The largest absolute Gasteiger partial charge is 0.371 e. The van der Waals surface area contributed by atoms with Crippen LogP contribution in [0.1, 0.15) is 26.2 Å². The maximum atomic E-state index is 11.6. The van der Waals surface area contributed by atoms with Crippen LogP contribution in [0, 0.1) is 0 Å². The summed E-state index contributed by atoms with van der Waals surface area (Å²) < 4.78 is 5.95. The van der Waals surface area contributed by atoms with Gasteiger partial charge in [0.05, 0.1) is 25.3 Å². The molecular weight excluding hydrogens is 218 g/mol. The van der Waals surface area contributed by atoms with Gasteiger partial charge < -0.3 is 20.3 Å². The molecule has 0 aromatic heterocycles. The molecule has 2 N–H and O–H groups in total. The van der Waals surface area contributed by atoms with Gasteiger partial charge in [-0.1, -0.05) is 6.92 Å². The monoisotopic (exact) mass is 241 g/mol. The third-order valence-corrected chi connectivity index (χ3v) is 3.33. The highest BCUT2D eigenvalue weighted by Gasteiger charge is 2.33. The molecule has 2 rings (SSSR count). The van der Waals surface area contributed by atoms with Gasteiger partial charge in [-0.05, 0) is 32.4 Å². The maximum absolute atomic E-state index is 11.6. The van der Waals surface area contributed by atoms with Crippen molar-refractivity contribution in [2.75, 3.05) is 32.7 Å². The first-order chi connectivity index (χ1) is 8.29. The first kappa shape index (κ1) is 12.6. The SMILES string of the molecule is CCCNC(=O)N1CC(OC2CCNCC2)C1. The fourth-order valence-electron chi connectivity index (χ4n) is 2.24. The van der Waals surface area contributed by atoms with Crippen LogP contribution in [-0.4, -0.2) is 55.9 Å². The fourth-order valence-corrected chi connectivity index (χ4v) is 2.24. The molecule has 5 heteroatoms. The first-order valence-corrected chi connectivity index (χ1v) is 6.68. The zero-order valence-electron chi connectivity index (χ0n) is 10.6. The van der Waals surface area contributed by atoms with Crippen LogP contribution in [0.2, 0.25) is 0 Å². The minimum absolute atomic E-state index is 0.0528. The van der Waals surface area contributed by atoms with E-state index in [1.165, 1.54) is 0 Å². The van der Waals surface area contributed by atoms with Gasteiger partial charge in [0.25, 0.3) is 0 Å². The lowest BCUT2D eigenvalue weighted by Gasteiger charge is -2.41. The van der Waals surface area contributed by atoms with E-state index in [-0.39, 0.29) is 12.1 Å². The smallest absolute Gasteiger partial charge is 0.317 e. The molecule has 0 aromatic rings. The third-order valence-electron chi connectivity index (χ3n) is 3.33. The van der Waals surface area contributed by atoms with E-state index in [1.807, 2.05) is 4.90 Å². The molecule has 98 valence electrons. The number of hydrogen-bond donors (Lipinski definition) is 2. The molecule has 2 fully saturated rings. The summed E-state index contributed by atoms with van der Waals surface area (Å²) in [7, 11) is 0. The molecule has 5 nitrogen and oxygen atoms in total. The number of piperidine rings is 1. The number of carbonyl (C=O) groups is 1. The Balaban J connectivity index is 1.59. The van der Waals surface area contributed by atoms with Crippen molar-refractivity contribution in [3.8, 4) is 0 Å². The molecule has 17 heavy (non-hydrogen) atoms. The molecule has 0 unspecified atom stereocenters. The van der Waals surface area contributed by atoms with E-state index in [2.05, 4.69) is 17.6 Å². The number of ether oxygens (including phenoxy) is 1. The molecule has 2 heterocycles. The highest BCUT2D eigenvalue weighted by molar-refractivity contribution is 5.75. The van der Waals surface area contributed by atoms with Crippen LogP contribution in [0.15, 0.2) is 0 Å². The highest BCUT2D eigenvalue weighted by Crippen LogP contribution is 2.17. The molecule has 2 aliphatic rings. The van der Waals surface area contributed by atoms with Gasteiger partial charge in [-0.15, -0.1) is 0 Å². The highest BCUT2D eigenvalue weighted by atomic mass is 16.5. The van der Waals surface area contributed by atoms with E-state index in [1.54, 1.807) is 0 Å². The molecule has 0 aromatic carbocycles. The summed E-state index contributed by atoms with van der Waals surface area (Å²) in [6, 6.07) is 0.0528. The predicted molar refractivity (Wildman–Crippen MR) is 66.0 cm³/mol. The zero-order valence-corrected chi connectivity index (χ0v) is 10.6. The summed E-state index contributed by atoms with van der Waals surface area (Å²) in [4.78, 5) is 13.4. The molecule has 0 saturated carbocycles. The van der Waals surface area contributed by atoms with Crippen LogP contribution < -0.4 is 10.6 Å². The number of likely N-dealkylation sites (tertiary alicyclic amines) is 1. The van der Waals surface area contributed by atoms with Crippen molar-refractivity contribution in [3.63, 3.8) is 0 Å². The van der Waals surface area contributed by atoms with Gasteiger partial charge >= 0.3 is 6.03 Å². The van der Waals surface area contributed by atoms with Crippen molar-refractivity contribution in [2.45, 2.75) is 38.4 Å². The average Bonchev–Trinajstić information content (AvgIpc) is 2.31. The van der Waals surface area contributed by atoms with E-state index in [0.29, 0.717) is 6.10 Å². The molecular formula is C12H23N3O2. The van der Waals surface area contributed by atoms with E-state index < -0.39 is 0 Å². The summed E-state index contributed by atoms with van der Waals surface area (Å²) in [6.45, 7) is 6.42. The molecule has 0 atom stereocenters. The Labute approximate surface area is 103 Å². The molecule has 0 radical (unpaired) electrons. The van der Waals surface area contributed by atoms with Gasteiger partial charge in [0.2, 0.25) is 0 Å². The van der Waals surface area contributed by atoms with Crippen molar-refractivity contribution in [1.82, 2.24) is 15.5 Å². The van der Waals surface area contributed by atoms with Crippen molar-refractivity contribution in [3.05, 3.63) is 0 Å². The standard InChI is InChI=1S/C12H23N3O2/c1-2-5-14-12(16)15-8-11(9-15)17-10-3-6-13-7-4-10/h10-11,13H,2-9H2,1H3,(H,14,16). The maximum Gasteiger partial charge on any atom is 0.317 e. The first-order valence-electron chi connectivity index (χ1n) is 6.68. The number of urea groups is 1. The number of nitrogens with zero attached hydrogens (tertiary/aromatic N) is 1. The summed E-state index contributed by atoms with van der Waals surface area (Å²) in [5.41, 5.74) is 0. The molecule has 2 amide bonds. The Hall–Kier alpha value is -0.810. The number of amides is 2. The Kier molecular flexibility index (Phi) is 4.62. The van der Waals surface area contributed by atoms with Crippen LogP contribution >= 0.6 is 0 Å². The van der Waals surface area contributed by atoms with Crippen molar-refractivity contribution >= 4 is 6.03 Å². The number of rotatable bonds is 4. The summed E-state index contributed by atoms with van der Waals surface area (Å²) in [6.07, 6.45) is 3.82. The van der Waals surface area contributed by atoms with E-state index in [9.17, 15) is 4.79 Å². The topological polar surface area (TPSA) is 53.6 Å². The van der Waals surface area contributed by atoms with Gasteiger partial charge in [-0.25, -0.2) is 4.79 Å². The van der Waals surface area contributed by atoms with Crippen LogP contribution in [0.5, 0.6) is 0 Å². The van der Waals surface area contributed by atoms with E-state index in [0.717, 1.165) is 52.0 Å². The van der Waals surface area contributed by atoms with Crippen LogP contribution in [-0.2, 0) is 4.74 Å². The number of nitrogens with one attached hydrogen (secondary N) is 2. The average molecular weight is 241 g/mol. The third kappa shape index (κ3) is 3.57. The minimum atomic E-state index is 0.0528. The second-order valence-corrected chi connectivity index (χ2v) is 4.84. The summed E-state index contributed by atoms with van der Waals surface area (Å²) in [5, 5.41) is 6.20. The van der Waals surface area contributed by atoms with Crippen LogP contribution in [0.4, 0.5) is 4.79 Å². The Morgan fingerprint density at radius 2 is 2.06 bits per heavy atom. The Morgan fingerprint density at radius 3 is 2.71 bits per heavy atom. The lowest BCUT2D eigenvalue weighted by Crippen LogP contribution is -2.58. The van der Waals surface area contributed by atoms with Crippen LogP contribution in [0.3, 0.4) is 0 Å². The van der Waals surface area contributed by atoms with Gasteiger partial charge in [0, 0.05) is 6.54 Å². The quantitative estimate of drug-likeness (QED) is 0.756. The van der Waals surface area contributed by atoms with Gasteiger partial charge in [-0.2, -0.15) is 0 Å². The minimum Gasteiger partial charge on any atom is -0.371 e. The molecule has 2 aliphatic heterocycles. The lowest BCUT2D eigenvalue weighted by atomic mass is 10.1. The second-order valence-electron chi connectivity index (χ2n) is 4.84. The van der Waals surface area contributed by atoms with E-state index >= 15 is 0 Å². The fraction of sp³-hybridized carbons (Fsp3) is 0.917. The molecule has 0 spiro atoms. The van der Waals surface area contributed by atoms with E-state index in [4.69, 9.17) is 4.74 Å². The summed E-state index contributed by atoms with van der Waals surface area (Å²) in [5.74, 6) is 0. The number of carbonyl (C=O) groups excluding carboxylic acids is 1. The lowest BCUT2D eigenvalue weighted by molar-refractivity contribution is -0.0852. The van der Waals surface area contributed by atoms with Crippen LogP contribution in [0.25, 0.3) is 0 Å². The van der Waals surface area contributed by atoms with Crippen molar-refractivity contribution < 1.29 is 9.53 Å². The predicted octanol–water partition coefficient (Wildman–Crippen LogP) is 0.559. The van der Waals surface area contributed by atoms with Gasteiger partial charge in [0.1, 0.15) is 0 Å². The molecule has 2 saturated heterocycles. The van der Waals surface area contributed by atoms with Gasteiger partial charge in [0.15, 0.2) is 0 Å². The zero-order chi connectivity index (χ0) is 12.1. The normalized spacial score (nSPS) is 22.3. The van der Waals surface area contributed by atoms with Crippen molar-refractivity contribution in [1.29, 1.82) is 0 Å². The molecule has 0 bridgehead atoms. The Bertz CT molecular complexity index is 248. The van der Waals surface area contributed by atoms with Crippen molar-refractivity contribution in [2.24, 2.45) is 0 Å². The summed E-state index contributed by atoms with van der Waals surface area (Å²) >= 11 is 0. The van der Waals surface area contributed by atoms with Gasteiger partial charge in [-0.3, -0.25) is 0 Å².